The summed E-state index contributed by atoms with van der Waals surface area (Å²) >= 11 is 5.51. The van der Waals surface area contributed by atoms with E-state index >= 15 is 0 Å². The zero-order chi connectivity index (χ0) is 13.2. The largest absolute Gasteiger partial charge is 0.311 e. The number of hydrogen-bond acceptors (Lipinski definition) is 3. The highest BCUT2D eigenvalue weighted by molar-refractivity contribution is 9.10. The van der Waals surface area contributed by atoms with Crippen LogP contribution in [-0.2, 0) is 6.54 Å². The summed E-state index contributed by atoms with van der Waals surface area (Å²) in [6.45, 7) is 10.3. The maximum atomic E-state index is 3.68. The summed E-state index contributed by atoms with van der Waals surface area (Å²) in [5, 5.41) is 5.85. The topological polar surface area (TPSA) is 15.3 Å². The Hall–Kier alpha value is 0.1000. The Morgan fingerprint density at radius 1 is 1.56 bits per heavy atom. The molecule has 2 nitrogen and oxygen atoms in total. The van der Waals surface area contributed by atoms with Crippen molar-refractivity contribution in [3.8, 4) is 0 Å². The molecule has 0 bridgehead atoms. The summed E-state index contributed by atoms with van der Waals surface area (Å²) in [5.74, 6) is 0. The van der Waals surface area contributed by atoms with Gasteiger partial charge in [0.05, 0.1) is 0 Å². The first-order chi connectivity index (χ1) is 8.59. The number of piperazine rings is 1. The number of nitrogens with zero attached hydrogens (tertiary/aromatic N) is 1. The Bertz CT molecular complexity index is 393. The van der Waals surface area contributed by atoms with Crippen molar-refractivity contribution in [2.24, 2.45) is 0 Å². The Labute approximate surface area is 123 Å². The highest BCUT2D eigenvalue weighted by atomic mass is 79.9. The minimum atomic E-state index is 0.287. The second kappa shape index (κ2) is 6.04. The number of nitrogens with one attached hydrogen (secondary N) is 1. The molecule has 1 aliphatic heterocycles. The molecule has 2 heterocycles. The van der Waals surface area contributed by atoms with E-state index in [9.17, 15) is 0 Å². The van der Waals surface area contributed by atoms with E-state index in [0.29, 0.717) is 6.04 Å². The molecule has 0 radical (unpaired) electrons. The van der Waals surface area contributed by atoms with Crippen LogP contribution in [0.15, 0.2) is 15.9 Å². The molecule has 1 aliphatic rings. The van der Waals surface area contributed by atoms with Gasteiger partial charge in [0.15, 0.2) is 0 Å². The Kier molecular flexibility index (Phi) is 4.86. The van der Waals surface area contributed by atoms with Crippen LogP contribution in [0.2, 0.25) is 0 Å². The zero-order valence-electron chi connectivity index (χ0n) is 11.5. The van der Waals surface area contributed by atoms with E-state index in [-0.39, 0.29) is 5.54 Å². The number of halogens is 1. The van der Waals surface area contributed by atoms with Crippen LogP contribution in [-0.4, -0.2) is 29.6 Å². The van der Waals surface area contributed by atoms with E-state index in [4.69, 9.17) is 0 Å². The van der Waals surface area contributed by atoms with Crippen LogP contribution in [0.25, 0.3) is 0 Å². The standard InChI is InChI=1S/C14H23BrN2S/c1-4-11-8-17(14(3,5-2)10-16-11)9-13-12(15)6-7-18-13/h6-7,11,16H,4-5,8-10H2,1-3H3. The molecular weight excluding hydrogens is 308 g/mol. The Morgan fingerprint density at radius 3 is 2.89 bits per heavy atom. The SMILES string of the molecule is CCC1CN(Cc2sccc2Br)C(C)(CC)CN1. The van der Waals surface area contributed by atoms with Crippen molar-refractivity contribution in [3.63, 3.8) is 0 Å². The molecule has 0 aromatic carbocycles. The van der Waals surface area contributed by atoms with Crippen molar-refractivity contribution in [3.05, 3.63) is 20.8 Å². The quantitative estimate of drug-likeness (QED) is 0.901. The molecule has 2 atom stereocenters. The number of thiophene rings is 1. The van der Waals surface area contributed by atoms with Gasteiger partial charge in [-0.1, -0.05) is 13.8 Å². The number of rotatable bonds is 4. The van der Waals surface area contributed by atoms with E-state index in [1.807, 2.05) is 11.3 Å². The van der Waals surface area contributed by atoms with Gasteiger partial charge in [-0.15, -0.1) is 11.3 Å². The highest BCUT2D eigenvalue weighted by Crippen LogP contribution is 2.30. The van der Waals surface area contributed by atoms with Crippen LogP contribution in [0.4, 0.5) is 0 Å². The van der Waals surface area contributed by atoms with Gasteiger partial charge in [-0.2, -0.15) is 0 Å². The van der Waals surface area contributed by atoms with Gasteiger partial charge in [0.1, 0.15) is 0 Å². The lowest BCUT2D eigenvalue weighted by Gasteiger charge is -2.47. The lowest BCUT2D eigenvalue weighted by molar-refractivity contribution is 0.0416. The summed E-state index contributed by atoms with van der Waals surface area (Å²) in [7, 11) is 0. The number of hydrogen-bond donors (Lipinski definition) is 1. The van der Waals surface area contributed by atoms with Crippen molar-refractivity contribution in [2.75, 3.05) is 13.1 Å². The van der Waals surface area contributed by atoms with Crippen molar-refractivity contribution >= 4 is 27.3 Å². The van der Waals surface area contributed by atoms with Crippen molar-refractivity contribution in [1.29, 1.82) is 0 Å². The monoisotopic (exact) mass is 330 g/mol. The summed E-state index contributed by atoms with van der Waals surface area (Å²) in [5.41, 5.74) is 0.287. The van der Waals surface area contributed by atoms with Crippen molar-refractivity contribution in [1.82, 2.24) is 10.2 Å². The smallest absolute Gasteiger partial charge is 0.0345 e. The van der Waals surface area contributed by atoms with E-state index < -0.39 is 0 Å². The first-order valence-electron chi connectivity index (χ1n) is 6.79. The van der Waals surface area contributed by atoms with Crippen LogP contribution in [0.3, 0.4) is 0 Å². The van der Waals surface area contributed by atoms with E-state index in [0.717, 1.165) is 19.6 Å². The average molecular weight is 331 g/mol. The van der Waals surface area contributed by atoms with Crippen molar-refractivity contribution < 1.29 is 0 Å². The summed E-state index contributed by atoms with van der Waals surface area (Å²) < 4.78 is 1.26. The van der Waals surface area contributed by atoms with Gasteiger partial charge in [-0.25, -0.2) is 0 Å². The summed E-state index contributed by atoms with van der Waals surface area (Å²) in [6.07, 6.45) is 2.40. The predicted octanol–water partition coefficient (Wildman–Crippen LogP) is 3.86. The average Bonchev–Trinajstić information content (AvgIpc) is 2.78. The maximum absolute atomic E-state index is 3.68. The predicted molar refractivity (Wildman–Crippen MR) is 83.2 cm³/mol. The van der Waals surface area contributed by atoms with Gasteiger partial charge in [-0.05, 0) is 47.1 Å². The van der Waals surface area contributed by atoms with Gasteiger partial charge in [-0.3, -0.25) is 4.90 Å². The van der Waals surface area contributed by atoms with Gasteiger partial charge in [0, 0.05) is 40.6 Å². The Balaban J connectivity index is 2.13. The van der Waals surface area contributed by atoms with Gasteiger partial charge in [0.25, 0.3) is 0 Å². The fraction of sp³-hybridized carbons (Fsp3) is 0.714. The molecule has 0 spiro atoms. The third-order valence-electron chi connectivity index (χ3n) is 4.26. The molecule has 4 heteroatoms. The molecule has 1 N–H and O–H groups in total. The fourth-order valence-corrected chi connectivity index (χ4v) is 4.01. The lowest BCUT2D eigenvalue weighted by Crippen LogP contribution is -2.62. The molecule has 1 saturated heterocycles. The molecule has 0 amide bonds. The first-order valence-corrected chi connectivity index (χ1v) is 8.46. The minimum absolute atomic E-state index is 0.287. The molecule has 18 heavy (non-hydrogen) atoms. The fourth-order valence-electron chi connectivity index (χ4n) is 2.52. The molecule has 2 unspecified atom stereocenters. The zero-order valence-corrected chi connectivity index (χ0v) is 13.9. The molecule has 1 aromatic rings. The van der Waals surface area contributed by atoms with Gasteiger partial charge in [0.2, 0.25) is 0 Å². The van der Waals surface area contributed by atoms with Gasteiger partial charge >= 0.3 is 0 Å². The summed E-state index contributed by atoms with van der Waals surface area (Å²) in [4.78, 5) is 4.11. The molecule has 2 rings (SSSR count). The van der Waals surface area contributed by atoms with E-state index in [1.165, 1.54) is 22.2 Å². The lowest BCUT2D eigenvalue weighted by atomic mass is 9.91. The minimum Gasteiger partial charge on any atom is -0.311 e. The van der Waals surface area contributed by atoms with Crippen LogP contribution in [0, 0.1) is 0 Å². The van der Waals surface area contributed by atoms with Crippen LogP contribution < -0.4 is 5.32 Å². The molecule has 102 valence electrons. The molecular formula is C14H23BrN2S. The molecule has 0 aliphatic carbocycles. The van der Waals surface area contributed by atoms with Crippen molar-refractivity contribution in [2.45, 2.75) is 51.7 Å². The third kappa shape index (κ3) is 2.98. The van der Waals surface area contributed by atoms with Crippen LogP contribution >= 0.6 is 27.3 Å². The third-order valence-corrected chi connectivity index (χ3v) is 6.17. The normalized spacial score (nSPS) is 29.7. The summed E-state index contributed by atoms with van der Waals surface area (Å²) in [6, 6.07) is 2.80. The highest BCUT2D eigenvalue weighted by Gasteiger charge is 2.36. The Morgan fingerprint density at radius 2 is 2.33 bits per heavy atom. The van der Waals surface area contributed by atoms with Crippen LogP contribution in [0.5, 0.6) is 0 Å². The molecule has 1 fully saturated rings. The van der Waals surface area contributed by atoms with E-state index in [1.54, 1.807) is 0 Å². The second-order valence-electron chi connectivity index (χ2n) is 5.41. The first kappa shape index (κ1) is 14.5. The van der Waals surface area contributed by atoms with E-state index in [2.05, 4.69) is 58.4 Å². The molecule has 0 saturated carbocycles. The molecule has 1 aromatic heterocycles. The second-order valence-corrected chi connectivity index (χ2v) is 7.26. The van der Waals surface area contributed by atoms with Gasteiger partial charge < -0.3 is 5.32 Å². The maximum Gasteiger partial charge on any atom is 0.0345 e. The van der Waals surface area contributed by atoms with Crippen LogP contribution in [0.1, 0.15) is 38.5 Å².